The molecule has 1 amide bonds. The number of nitrogens with zero attached hydrogens (tertiary/aromatic N) is 3. The van der Waals surface area contributed by atoms with Crippen LogP contribution in [0.15, 0.2) is 53.7 Å². The molecule has 2 aromatic heterocycles. The molecule has 4 aromatic rings. The monoisotopic (exact) mass is 396 g/mol. The van der Waals surface area contributed by atoms with E-state index in [0.29, 0.717) is 5.75 Å². The Morgan fingerprint density at radius 1 is 1.19 bits per heavy atom. The standard InChI is InChI=1S/C20H20N4OS2/c1-3-14-8-10-15(11-9-14)13(2)21-18(25)12-26-19-22-23-20-24(19)16-6-4-5-7-17(16)27-20/h4-11,13H,3,12H2,1-2H3,(H,21,25). The van der Waals surface area contributed by atoms with Crippen molar-refractivity contribution in [2.45, 2.75) is 31.5 Å². The summed E-state index contributed by atoms with van der Waals surface area (Å²) in [7, 11) is 0. The van der Waals surface area contributed by atoms with E-state index in [1.54, 1.807) is 11.3 Å². The van der Waals surface area contributed by atoms with E-state index >= 15 is 0 Å². The van der Waals surface area contributed by atoms with E-state index in [1.807, 2.05) is 29.5 Å². The molecule has 138 valence electrons. The van der Waals surface area contributed by atoms with Gasteiger partial charge in [0.05, 0.1) is 22.0 Å². The Morgan fingerprint density at radius 2 is 1.96 bits per heavy atom. The summed E-state index contributed by atoms with van der Waals surface area (Å²) in [4.78, 5) is 13.2. The number of aryl methyl sites for hydroxylation is 1. The van der Waals surface area contributed by atoms with Gasteiger partial charge < -0.3 is 5.32 Å². The highest BCUT2D eigenvalue weighted by molar-refractivity contribution is 7.99. The molecule has 1 atom stereocenters. The highest BCUT2D eigenvalue weighted by Gasteiger charge is 2.15. The third kappa shape index (κ3) is 3.70. The highest BCUT2D eigenvalue weighted by atomic mass is 32.2. The van der Waals surface area contributed by atoms with Crippen LogP contribution in [-0.2, 0) is 11.2 Å². The van der Waals surface area contributed by atoms with Crippen molar-refractivity contribution >= 4 is 44.2 Å². The van der Waals surface area contributed by atoms with E-state index in [4.69, 9.17) is 0 Å². The zero-order valence-electron chi connectivity index (χ0n) is 15.2. The number of thioether (sulfide) groups is 1. The second-order valence-electron chi connectivity index (χ2n) is 6.34. The third-order valence-corrected chi connectivity index (χ3v) is 6.45. The maximum Gasteiger partial charge on any atom is 0.230 e. The first-order valence-electron chi connectivity index (χ1n) is 8.89. The first kappa shape index (κ1) is 18.0. The molecular formula is C20H20N4OS2. The summed E-state index contributed by atoms with van der Waals surface area (Å²) in [5.41, 5.74) is 3.49. The number of para-hydroxylation sites is 1. The number of fused-ring (bicyclic) bond motifs is 3. The average molecular weight is 397 g/mol. The van der Waals surface area contributed by atoms with Gasteiger partial charge in [-0.05, 0) is 36.6 Å². The minimum Gasteiger partial charge on any atom is -0.349 e. The van der Waals surface area contributed by atoms with Crippen molar-refractivity contribution in [2.24, 2.45) is 0 Å². The van der Waals surface area contributed by atoms with E-state index in [9.17, 15) is 4.79 Å². The van der Waals surface area contributed by atoms with Gasteiger partial charge in [0.2, 0.25) is 10.9 Å². The van der Waals surface area contributed by atoms with Crippen LogP contribution in [0.1, 0.15) is 31.0 Å². The lowest BCUT2D eigenvalue weighted by Crippen LogP contribution is -2.28. The van der Waals surface area contributed by atoms with E-state index < -0.39 is 0 Å². The Labute approximate surface area is 165 Å². The second-order valence-corrected chi connectivity index (χ2v) is 8.29. The van der Waals surface area contributed by atoms with Crippen molar-refractivity contribution in [3.8, 4) is 0 Å². The lowest BCUT2D eigenvalue weighted by molar-refractivity contribution is -0.119. The Balaban J connectivity index is 1.42. The summed E-state index contributed by atoms with van der Waals surface area (Å²) in [5.74, 6) is 0.297. The molecule has 4 rings (SSSR count). The molecule has 27 heavy (non-hydrogen) atoms. The van der Waals surface area contributed by atoms with Gasteiger partial charge in [-0.15, -0.1) is 10.2 Å². The maximum atomic E-state index is 12.4. The smallest absolute Gasteiger partial charge is 0.230 e. The van der Waals surface area contributed by atoms with Crippen LogP contribution in [0.25, 0.3) is 15.2 Å². The Hall–Kier alpha value is -2.38. The van der Waals surface area contributed by atoms with Crippen LogP contribution in [0.3, 0.4) is 0 Å². The number of amides is 1. The van der Waals surface area contributed by atoms with Gasteiger partial charge in [0.25, 0.3) is 0 Å². The van der Waals surface area contributed by atoms with Crippen LogP contribution in [0.4, 0.5) is 0 Å². The Kier molecular flexibility index (Phi) is 5.13. The molecule has 0 spiro atoms. The summed E-state index contributed by atoms with van der Waals surface area (Å²) in [6.07, 6.45) is 1.02. The first-order valence-corrected chi connectivity index (χ1v) is 10.7. The number of hydrogen-bond acceptors (Lipinski definition) is 5. The molecule has 0 radical (unpaired) electrons. The largest absolute Gasteiger partial charge is 0.349 e. The number of hydrogen-bond donors (Lipinski definition) is 1. The van der Waals surface area contributed by atoms with E-state index in [0.717, 1.165) is 32.3 Å². The van der Waals surface area contributed by atoms with Crippen LogP contribution in [-0.4, -0.2) is 26.3 Å². The van der Waals surface area contributed by atoms with E-state index in [-0.39, 0.29) is 11.9 Å². The fourth-order valence-electron chi connectivity index (χ4n) is 2.99. The molecule has 2 heterocycles. The molecule has 0 aliphatic rings. The van der Waals surface area contributed by atoms with Crippen molar-refractivity contribution in [1.29, 1.82) is 0 Å². The molecule has 7 heteroatoms. The molecule has 0 saturated carbocycles. The van der Waals surface area contributed by atoms with E-state index in [2.05, 4.69) is 52.8 Å². The highest BCUT2D eigenvalue weighted by Crippen LogP contribution is 2.29. The first-order chi connectivity index (χ1) is 13.2. The molecule has 1 unspecified atom stereocenters. The second kappa shape index (κ2) is 7.70. The number of nitrogens with one attached hydrogen (secondary N) is 1. The molecule has 5 nitrogen and oxygen atoms in total. The predicted molar refractivity (Wildman–Crippen MR) is 111 cm³/mol. The quantitative estimate of drug-likeness (QED) is 0.488. The molecule has 2 aromatic carbocycles. The van der Waals surface area contributed by atoms with E-state index in [1.165, 1.54) is 17.3 Å². The summed E-state index contributed by atoms with van der Waals surface area (Å²) in [6.45, 7) is 4.14. The fourth-order valence-corrected chi connectivity index (χ4v) is 4.77. The summed E-state index contributed by atoms with van der Waals surface area (Å²) >= 11 is 3.01. The number of rotatable bonds is 6. The number of aromatic nitrogens is 3. The van der Waals surface area contributed by atoms with Crippen LogP contribution < -0.4 is 5.32 Å². The minimum absolute atomic E-state index is 0.0108. The molecule has 0 saturated heterocycles. The van der Waals surface area contributed by atoms with Crippen LogP contribution in [0.2, 0.25) is 0 Å². The lowest BCUT2D eigenvalue weighted by atomic mass is 10.1. The van der Waals surface area contributed by atoms with Gasteiger partial charge in [-0.3, -0.25) is 9.20 Å². The SMILES string of the molecule is CCc1ccc(C(C)NC(=O)CSc2nnc3sc4ccccc4n23)cc1. The van der Waals surface area contributed by atoms with Crippen molar-refractivity contribution < 1.29 is 4.79 Å². The average Bonchev–Trinajstić information content (AvgIpc) is 3.25. The van der Waals surface area contributed by atoms with Crippen LogP contribution in [0.5, 0.6) is 0 Å². The maximum absolute atomic E-state index is 12.4. The van der Waals surface area contributed by atoms with Gasteiger partial charge in [0, 0.05) is 0 Å². The zero-order chi connectivity index (χ0) is 18.8. The van der Waals surface area contributed by atoms with Gasteiger partial charge in [-0.1, -0.05) is 66.4 Å². The molecule has 0 aliphatic carbocycles. The predicted octanol–water partition coefficient (Wildman–Crippen LogP) is 4.48. The Morgan fingerprint density at radius 3 is 2.74 bits per heavy atom. The third-order valence-electron chi connectivity index (χ3n) is 4.51. The summed E-state index contributed by atoms with van der Waals surface area (Å²) < 4.78 is 3.18. The molecule has 0 bridgehead atoms. The van der Waals surface area contributed by atoms with Crippen molar-refractivity contribution in [1.82, 2.24) is 19.9 Å². The number of carbonyl (C=O) groups is 1. The topological polar surface area (TPSA) is 59.3 Å². The number of thiazole rings is 1. The minimum atomic E-state index is -0.0237. The molecule has 0 fully saturated rings. The van der Waals surface area contributed by atoms with Gasteiger partial charge >= 0.3 is 0 Å². The van der Waals surface area contributed by atoms with Crippen molar-refractivity contribution in [3.63, 3.8) is 0 Å². The normalized spacial score (nSPS) is 12.5. The van der Waals surface area contributed by atoms with Crippen LogP contribution >= 0.6 is 23.1 Å². The fraction of sp³-hybridized carbons (Fsp3) is 0.250. The van der Waals surface area contributed by atoms with Gasteiger partial charge in [-0.25, -0.2) is 0 Å². The Bertz CT molecular complexity index is 1080. The molecular weight excluding hydrogens is 376 g/mol. The van der Waals surface area contributed by atoms with Gasteiger partial charge in [-0.2, -0.15) is 0 Å². The van der Waals surface area contributed by atoms with Crippen molar-refractivity contribution in [2.75, 3.05) is 5.75 Å². The number of benzene rings is 2. The van der Waals surface area contributed by atoms with Crippen LogP contribution in [0, 0.1) is 0 Å². The van der Waals surface area contributed by atoms with Crippen molar-refractivity contribution in [3.05, 3.63) is 59.7 Å². The lowest BCUT2D eigenvalue weighted by Gasteiger charge is -2.14. The summed E-state index contributed by atoms with van der Waals surface area (Å²) in [5, 5.41) is 12.3. The number of carbonyl (C=O) groups excluding carboxylic acids is 1. The molecule has 0 aliphatic heterocycles. The summed E-state index contributed by atoms with van der Waals surface area (Å²) in [6, 6.07) is 16.5. The molecule has 1 N–H and O–H groups in total. The van der Waals surface area contributed by atoms with Gasteiger partial charge in [0.15, 0.2) is 5.16 Å². The zero-order valence-corrected chi connectivity index (χ0v) is 16.8. The van der Waals surface area contributed by atoms with Gasteiger partial charge in [0.1, 0.15) is 0 Å².